The molecule has 0 aliphatic carbocycles. The number of aryl methyl sites for hydroxylation is 1. The number of para-hydroxylation sites is 1. The van der Waals surface area contributed by atoms with Gasteiger partial charge in [-0.25, -0.2) is 8.78 Å². The van der Waals surface area contributed by atoms with Crippen molar-refractivity contribution < 1.29 is 13.6 Å². The van der Waals surface area contributed by atoms with Gasteiger partial charge < -0.3 is 10.2 Å². The summed E-state index contributed by atoms with van der Waals surface area (Å²) < 4.78 is 26.6. The highest BCUT2D eigenvalue weighted by atomic mass is 19.2. The van der Waals surface area contributed by atoms with Gasteiger partial charge in [0.1, 0.15) is 0 Å². The zero-order chi connectivity index (χ0) is 28.9. The van der Waals surface area contributed by atoms with Gasteiger partial charge in [0, 0.05) is 31.9 Å². The van der Waals surface area contributed by atoms with E-state index in [1.54, 1.807) is 6.08 Å². The summed E-state index contributed by atoms with van der Waals surface area (Å²) in [5.41, 5.74) is 2.32. The summed E-state index contributed by atoms with van der Waals surface area (Å²) in [5.74, 6) is -2.59. The van der Waals surface area contributed by atoms with E-state index < -0.39 is 17.5 Å². The second kappa shape index (κ2) is 20.9. The standard InChI is InChI=1S/C17H26N2.C14H17F2NO.C2H6/c1-16-10-4-5-11-17(16)18-12-6-9-15-19-13-7-2-3-8-14-19;1-3-5-10-17(9-4-2)14(18)11-7-6-8-12(15)13(11)16;1-2/h4-6,9-11,18H,2-3,7-8,12-15H2,1H3;4,6-8H,2-3,5,9-10H2,1H3;1-2H3/b9-6-;;. The molecule has 2 aromatic carbocycles. The zero-order valence-electron chi connectivity index (χ0n) is 24.5. The molecule has 39 heavy (non-hydrogen) atoms. The zero-order valence-corrected chi connectivity index (χ0v) is 24.5. The van der Waals surface area contributed by atoms with E-state index in [0.29, 0.717) is 13.1 Å². The van der Waals surface area contributed by atoms with Crippen molar-refractivity contribution in [1.29, 1.82) is 0 Å². The van der Waals surface area contributed by atoms with Crippen LogP contribution in [0.15, 0.2) is 67.3 Å². The van der Waals surface area contributed by atoms with E-state index in [2.05, 4.69) is 60.1 Å². The smallest absolute Gasteiger partial charge is 0.257 e. The SMILES string of the molecule is C=CCN(CCCC)C(=O)c1cccc(F)c1F.CC.Cc1ccccc1NC/C=C\CN1CCCCCC1. The van der Waals surface area contributed by atoms with Gasteiger partial charge in [0.25, 0.3) is 5.91 Å². The maximum atomic E-state index is 13.5. The minimum absolute atomic E-state index is 0.229. The van der Waals surface area contributed by atoms with Crippen LogP contribution in [0, 0.1) is 18.6 Å². The van der Waals surface area contributed by atoms with Crippen LogP contribution in [0.1, 0.15) is 75.2 Å². The second-order valence-electron chi connectivity index (χ2n) is 9.38. The third-order valence-corrected chi connectivity index (χ3v) is 6.38. The molecule has 216 valence electrons. The first-order chi connectivity index (χ1) is 19.0. The summed E-state index contributed by atoms with van der Waals surface area (Å²) >= 11 is 0. The highest BCUT2D eigenvalue weighted by Crippen LogP contribution is 2.15. The third kappa shape index (κ3) is 13.1. The third-order valence-electron chi connectivity index (χ3n) is 6.38. The first kappa shape index (κ1) is 34.0. The maximum Gasteiger partial charge on any atom is 0.257 e. The van der Waals surface area contributed by atoms with Gasteiger partial charge in [0.2, 0.25) is 0 Å². The Balaban J connectivity index is 0.000000367. The van der Waals surface area contributed by atoms with E-state index in [-0.39, 0.29) is 5.56 Å². The summed E-state index contributed by atoms with van der Waals surface area (Å²) in [4.78, 5) is 16.1. The number of halogens is 2. The van der Waals surface area contributed by atoms with E-state index in [1.807, 2.05) is 20.8 Å². The Bertz CT molecular complexity index is 985. The van der Waals surface area contributed by atoms with E-state index in [1.165, 1.54) is 67.1 Å². The van der Waals surface area contributed by atoms with E-state index >= 15 is 0 Å². The number of carbonyl (C=O) groups excluding carboxylic acids is 1. The van der Waals surface area contributed by atoms with Crippen LogP contribution >= 0.6 is 0 Å². The van der Waals surface area contributed by atoms with Crippen molar-refractivity contribution in [2.75, 3.05) is 44.6 Å². The van der Waals surface area contributed by atoms with Crippen molar-refractivity contribution in [3.63, 3.8) is 0 Å². The average Bonchev–Trinajstić information content (AvgIpc) is 3.23. The fourth-order valence-electron chi connectivity index (χ4n) is 4.19. The van der Waals surface area contributed by atoms with E-state index in [4.69, 9.17) is 0 Å². The lowest BCUT2D eigenvalue weighted by Gasteiger charge is -2.21. The minimum atomic E-state index is -1.09. The normalized spacial score (nSPS) is 13.4. The van der Waals surface area contributed by atoms with Gasteiger partial charge in [-0.05, 0) is 63.0 Å². The number of likely N-dealkylation sites (tertiary alicyclic amines) is 1. The lowest BCUT2D eigenvalue weighted by atomic mass is 10.1. The van der Waals surface area contributed by atoms with Crippen molar-refractivity contribution in [2.45, 2.75) is 66.2 Å². The molecular formula is C33H49F2N3O. The van der Waals surface area contributed by atoms with Crippen LogP contribution in [0.2, 0.25) is 0 Å². The summed E-state index contributed by atoms with van der Waals surface area (Å²) in [6.45, 7) is 17.1. The Morgan fingerprint density at radius 2 is 1.72 bits per heavy atom. The number of unbranched alkanes of at least 4 members (excludes halogenated alkanes) is 1. The molecule has 0 radical (unpaired) electrons. The number of benzene rings is 2. The van der Waals surface area contributed by atoms with Crippen molar-refractivity contribution in [3.8, 4) is 0 Å². The molecule has 6 heteroatoms. The number of nitrogens with one attached hydrogen (secondary N) is 1. The van der Waals surface area contributed by atoms with Gasteiger partial charge in [-0.1, -0.05) is 82.5 Å². The summed E-state index contributed by atoms with van der Waals surface area (Å²) in [6, 6.07) is 12.1. The molecule has 1 aliphatic heterocycles. The topological polar surface area (TPSA) is 35.6 Å². The lowest BCUT2D eigenvalue weighted by molar-refractivity contribution is 0.0766. The van der Waals surface area contributed by atoms with Crippen LogP contribution in [0.5, 0.6) is 0 Å². The van der Waals surface area contributed by atoms with Gasteiger partial charge in [-0.2, -0.15) is 0 Å². The molecule has 0 atom stereocenters. The van der Waals surface area contributed by atoms with Crippen LogP contribution in [-0.4, -0.2) is 55.0 Å². The van der Waals surface area contributed by atoms with Crippen molar-refractivity contribution in [1.82, 2.24) is 9.80 Å². The van der Waals surface area contributed by atoms with Gasteiger partial charge >= 0.3 is 0 Å². The molecule has 3 rings (SSSR count). The Morgan fingerprint density at radius 3 is 2.36 bits per heavy atom. The molecule has 0 aromatic heterocycles. The van der Waals surface area contributed by atoms with Gasteiger partial charge in [0.05, 0.1) is 5.56 Å². The Kier molecular flexibility index (Phi) is 18.2. The van der Waals surface area contributed by atoms with E-state index in [0.717, 1.165) is 32.0 Å². The number of hydrogen-bond acceptors (Lipinski definition) is 3. The molecule has 1 saturated heterocycles. The molecule has 1 fully saturated rings. The van der Waals surface area contributed by atoms with Crippen molar-refractivity contribution >= 4 is 11.6 Å². The number of nitrogens with zero attached hydrogens (tertiary/aromatic N) is 2. The fourth-order valence-corrected chi connectivity index (χ4v) is 4.19. The maximum absolute atomic E-state index is 13.5. The summed E-state index contributed by atoms with van der Waals surface area (Å²) in [7, 11) is 0. The fraction of sp³-hybridized carbons (Fsp3) is 0.485. The molecule has 1 amide bonds. The molecule has 4 nitrogen and oxygen atoms in total. The molecular weight excluding hydrogens is 492 g/mol. The average molecular weight is 542 g/mol. The molecule has 2 aromatic rings. The lowest BCUT2D eigenvalue weighted by Crippen LogP contribution is -2.32. The van der Waals surface area contributed by atoms with Crippen molar-refractivity contribution in [3.05, 3.63) is 90.0 Å². The Labute approximate surface area is 235 Å². The highest BCUT2D eigenvalue weighted by molar-refractivity contribution is 5.94. The first-order valence-electron chi connectivity index (χ1n) is 14.5. The van der Waals surface area contributed by atoms with Crippen LogP contribution in [0.25, 0.3) is 0 Å². The molecule has 0 bridgehead atoms. The van der Waals surface area contributed by atoms with Crippen LogP contribution in [-0.2, 0) is 0 Å². The first-order valence-corrected chi connectivity index (χ1v) is 14.5. The second-order valence-corrected chi connectivity index (χ2v) is 9.38. The van der Waals surface area contributed by atoms with Crippen LogP contribution < -0.4 is 5.32 Å². The van der Waals surface area contributed by atoms with Crippen LogP contribution in [0.4, 0.5) is 14.5 Å². The molecule has 1 heterocycles. The largest absolute Gasteiger partial charge is 0.381 e. The van der Waals surface area contributed by atoms with Crippen LogP contribution in [0.3, 0.4) is 0 Å². The quantitative estimate of drug-likeness (QED) is 0.291. The van der Waals surface area contributed by atoms with Gasteiger partial charge in [-0.3, -0.25) is 9.69 Å². The predicted molar refractivity (Wildman–Crippen MR) is 162 cm³/mol. The number of anilines is 1. The van der Waals surface area contributed by atoms with E-state index in [9.17, 15) is 13.6 Å². The monoisotopic (exact) mass is 541 g/mol. The predicted octanol–water partition coefficient (Wildman–Crippen LogP) is 8.26. The number of amides is 1. The molecule has 1 N–H and O–H groups in total. The van der Waals surface area contributed by atoms with Gasteiger partial charge in [0.15, 0.2) is 11.6 Å². The number of carbonyl (C=O) groups is 1. The number of hydrogen-bond donors (Lipinski definition) is 1. The number of rotatable bonds is 11. The Hall–Kier alpha value is -2.99. The molecule has 0 unspecified atom stereocenters. The summed E-state index contributed by atoms with van der Waals surface area (Å²) in [5, 5.41) is 3.46. The molecule has 0 spiro atoms. The highest BCUT2D eigenvalue weighted by Gasteiger charge is 2.20. The van der Waals surface area contributed by atoms with Gasteiger partial charge in [-0.15, -0.1) is 6.58 Å². The minimum Gasteiger partial charge on any atom is -0.381 e. The van der Waals surface area contributed by atoms with Crippen molar-refractivity contribution in [2.24, 2.45) is 0 Å². The molecule has 1 aliphatic rings. The molecule has 0 saturated carbocycles. The summed E-state index contributed by atoms with van der Waals surface area (Å²) in [6.07, 6.45) is 13.4. The Morgan fingerprint density at radius 1 is 1.03 bits per heavy atom.